The SMILES string of the molecule is CC(C)(C)OC(=O)CN(O)C(C)(C)C. The van der Waals surface area contributed by atoms with E-state index < -0.39 is 17.1 Å². The maximum atomic E-state index is 11.3. The van der Waals surface area contributed by atoms with Crippen molar-refractivity contribution in [2.45, 2.75) is 52.7 Å². The topological polar surface area (TPSA) is 49.8 Å². The van der Waals surface area contributed by atoms with Gasteiger partial charge in [0.1, 0.15) is 12.1 Å². The first kappa shape index (κ1) is 13.4. The molecule has 0 spiro atoms. The van der Waals surface area contributed by atoms with Crippen LogP contribution < -0.4 is 0 Å². The summed E-state index contributed by atoms with van der Waals surface area (Å²) in [7, 11) is 0. The lowest BCUT2D eigenvalue weighted by Gasteiger charge is -2.29. The van der Waals surface area contributed by atoms with Gasteiger partial charge in [0.05, 0.1) is 0 Å². The molecule has 0 amide bonds. The van der Waals surface area contributed by atoms with Gasteiger partial charge in [0.2, 0.25) is 0 Å². The van der Waals surface area contributed by atoms with Crippen LogP contribution in [-0.2, 0) is 9.53 Å². The highest BCUT2D eigenvalue weighted by atomic mass is 16.6. The second-order valence-corrected chi connectivity index (χ2v) is 5.31. The molecule has 0 unspecified atom stereocenters. The van der Waals surface area contributed by atoms with Crippen LogP contribution >= 0.6 is 0 Å². The van der Waals surface area contributed by atoms with Crippen LogP contribution in [0.25, 0.3) is 0 Å². The normalized spacial score (nSPS) is 13.1. The third-order valence-corrected chi connectivity index (χ3v) is 1.47. The molecule has 0 saturated heterocycles. The van der Waals surface area contributed by atoms with E-state index in [0.717, 1.165) is 5.06 Å². The van der Waals surface area contributed by atoms with Gasteiger partial charge < -0.3 is 9.94 Å². The Labute approximate surface area is 85.8 Å². The predicted molar refractivity (Wildman–Crippen MR) is 54.1 cm³/mol. The van der Waals surface area contributed by atoms with Crippen molar-refractivity contribution in [1.82, 2.24) is 5.06 Å². The number of hydrogen-bond acceptors (Lipinski definition) is 4. The number of nitrogens with zero attached hydrogens (tertiary/aromatic N) is 1. The van der Waals surface area contributed by atoms with E-state index in [1.165, 1.54) is 0 Å². The van der Waals surface area contributed by atoms with Gasteiger partial charge in [0, 0.05) is 5.54 Å². The van der Waals surface area contributed by atoms with Crippen LogP contribution in [-0.4, -0.2) is 33.9 Å². The molecule has 0 fully saturated rings. The fourth-order valence-corrected chi connectivity index (χ4v) is 0.733. The first-order chi connectivity index (χ1) is 6.02. The minimum Gasteiger partial charge on any atom is -0.459 e. The standard InChI is InChI=1S/C10H21NO3/c1-9(2,3)11(13)7-8(12)14-10(4,5)6/h13H,7H2,1-6H3. The Kier molecular flexibility index (Phi) is 4.09. The molecule has 0 rings (SSSR count). The van der Waals surface area contributed by atoms with Gasteiger partial charge in [-0.1, -0.05) is 0 Å². The van der Waals surface area contributed by atoms with Gasteiger partial charge in [-0.3, -0.25) is 4.79 Å². The first-order valence-electron chi connectivity index (χ1n) is 4.71. The van der Waals surface area contributed by atoms with Crippen molar-refractivity contribution in [3.63, 3.8) is 0 Å². The zero-order chi connectivity index (χ0) is 11.6. The molecule has 0 aromatic heterocycles. The fraction of sp³-hybridized carbons (Fsp3) is 0.900. The molecule has 0 bridgehead atoms. The van der Waals surface area contributed by atoms with E-state index in [1.807, 2.05) is 20.8 Å². The Morgan fingerprint density at radius 2 is 1.64 bits per heavy atom. The predicted octanol–water partition coefficient (Wildman–Crippen LogP) is 1.82. The van der Waals surface area contributed by atoms with E-state index in [1.54, 1.807) is 20.8 Å². The Balaban J connectivity index is 4.09. The van der Waals surface area contributed by atoms with Crippen LogP contribution in [0.4, 0.5) is 0 Å². The summed E-state index contributed by atoms with van der Waals surface area (Å²) in [6, 6.07) is 0. The third-order valence-electron chi connectivity index (χ3n) is 1.47. The first-order valence-corrected chi connectivity index (χ1v) is 4.71. The zero-order valence-corrected chi connectivity index (χ0v) is 9.92. The van der Waals surface area contributed by atoms with Gasteiger partial charge in [0.25, 0.3) is 0 Å². The quantitative estimate of drug-likeness (QED) is 0.549. The number of hydrogen-bond donors (Lipinski definition) is 1. The summed E-state index contributed by atoms with van der Waals surface area (Å²) in [5.41, 5.74) is -0.952. The van der Waals surface area contributed by atoms with E-state index in [9.17, 15) is 10.0 Å². The van der Waals surface area contributed by atoms with Gasteiger partial charge in [-0.05, 0) is 41.5 Å². The molecule has 0 aromatic carbocycles. The van der Waals surface area contributed by atoms with Crippen LogP contribution in [0.5, 0.6) is 0 Å². The molecule has 0 aromatic rings. The molecule has 0 aliphatic carbocycles. The minimum atomic E-state index is -0.504. The monoisotopic (exact) mass is 203 g/mol. The summed E-state index contributed by atoms with van der Waals surface area (Å²) < 4.78 is 5.06. The number of esters is 1. The summed E-state index contributed by atoms with van der Waals surface area (Å²) in [6.45, 7) is 10.7. The molecule has 0 aliphatic heterocycles. The maximum Gasteiger partial charge on any atom is 0.323 e. The summed E-state index contributed by atoms with van der Waals surface area (Å²) in [4.78, 5) is 11.3. The number of carbonyl (C=O) groups excluding carboxylic acids is 1. The van der Waals surface area contributed by atoms with E-state index in [2.05, 4.69) is 0 Å². The molecule has 4 nitrogen and oxygen atoms in total. The lowest BCUT2D eigenvalue weighted by Crippen LogP contribution is -2.43. The largest absolute Gasteiger partial charge is 0.459 e. The van der Waals surface area contributed by atoms with Gasteiger partial charge in [0.15, 0.2) is 0 Å². The zero-order valence-electron chi connectivity index (χ0n) is 9.92. The summed E-state index contributed by atoms with van der Waals surface area (Å²) >= 11 is 0. The Morgan fingerprint density at radius 1 is 1.21 bits per heavy atom. The molecule has 4 heteroatoms. The van der Waals surface area contributed by atoms with Gasteiger partial charge >= 0.3 is 5.97 Å². The van der Waals surface area contributed by atoms with Crippen molar-refractivity contribution in [2.24, 2.45) is 0 Å². The molecule has 0 aliphatic rings. The summed E-state index contributed by atoms with van der Waals surface area (Å²) in [5, 5.41) is 10.5. The molecule has 1 N–H and O–H groups in total. The molecule has 0 radical (unpaired) electrons. The van der Waals surface area contributed by atoms with Crippen LogP contribution in [0, 0.1) is 0 Å². The van der Waals surface area contributed by atoms with Crippen molar-refractivity contribution >= 4 is 5.97 Å². The van der Waals surface area contributed by atoms with Crippen LogP contribution in [0.1, 0.15) is 41.5 Å². The molecule has 0 saturated carbocycles. The number of rotatable bonds is 2. The molecular formula is C10H21NO3. The third kappa shape index (κ3) is 5.94. The second-order valence-electron chi connectivity index (χ2n) is 5.31. The fourth-order valence-electron chi connectivity index (χ4n) is 0.733. The highest BCUT2D eigenvalue weighted by Crippen LogP contribution is 2.12. The van der Waals surface area contributed by atoms with Crippen LogP contribution in [0.2, 0.25) is 0 Å². The number of ether oxygens (including phenoxy) is 1. The smallest absolute Gasteiger partial charge is 0.323 e. The average Bonchev–Trinajstić information content (AvgIpc) is 1.79. The molecule has 0 atom stereocenters. The lowest BCUT2D eigenvalue weighted by molar-refractivity contribution is -0.187. The maximum absolute atomic E-state index is 11.3. The Hall–Kier alpha value is -0.610. The molecule has 0 heterocycles. The Morgan fingerprint density at radius 3 is 1.93 bits per heavy atom. The van der Waals surface area contributed by atoms with Crippen molar-refractivity contribution in [3.05, 3.63) is 0 Å². The van der Waals surface area contributed by atoms with Crippen LogP contribution in [0.3, 0.4) is 0 Å². The van der Waals surface area contributed by atoms with Gasteiger partial charge in [-0.2, -0.15) is 5.06 Å². The minimum absolute atomic E-state index is 0.110. The number of carbonyl (C=O) groups is 1. The van der Waals surface area contributed by atoms with Crippen molar-refractivity contribution in [3.8, 4) is 0 Å². The number of hydroxylamine groups is 2. The van der Waals surface area contributed by atoms with E-state index in [-0.39, 0.29) is 6.54 Å². The summed E-state index contributed by atoms with van der Waals surface area (Å²) in [5.74, 6) is -0.421. The van der Waals surface area contributed by atoms with E-state index in [0.29, 0.717) is 0 Å². The van der Waals surface area contributed by atoms with Gasteiger partial charge in [-0.25, -0.2) is 0 Å². The molecule has 14 heavy (non-hydrogen) atoms. The van der Waals surface area contributed by atoms with E-state index in [4.69, 9.17) is 4.74 Å². The second kappa shape index (κ2) is 4.28. The van der Waals surface area contributed by atoms with Crippen molar-refractivity contribution < 1.29 is 14.7 Å². The summed E-state index contributed by atoms with van der Waals surface area (Å²) in [6.07, 6.45) is 0. The molecule has 84 valence electrons. The average molecular weight is 203 g/mol. The van der Waals surface area contributed by atoms with Crippen molar-refractivity contribution in [1.29, 1.82) is 0 Å². The Bertz CT molecular complexity index is 200. The van der Waals surface area contributed by atoms with Gasteiger partial charge in [-0.15, -0.1) is 0 Å². The highest BCUT2D eigenvalue weighted by Gasteiger charge is 2.24. The van der Waals surface area contributed by atoms with Crippen molar-refractivity contribution in [2.75, 3.05) is 6.54 Å². The van der Waals surface area contributed by atoms with E-state index >= 15 is 0 Å². The molecular weight excluding hydrogens is 182 g/mol. The highest BCUT2D eigenvalue weighted by molar-refractivity contribution is 5.72. The lowest BCUT2D eigenvalue weighted by atomic mass is 10.1. The van der Waals surface area contributed by atoms with Crippen LogP contribution in [0.15, 0.2) is 0 Å².